The van der Waals surface area contributed by atoms with Gasteiger partial charge in [0.25, 0.3) is 15.9 Å². The second-order valence-corrected chi connectivity index (χ2v) is 8.01. The summed E-state index contributed by atoms with van der Waals surface area (Å²) in [6.07, 6.45) is -0.0528. The van der Waals surface area contributed by atoms with Crippen LogP contribution in [-0.2, 0) is 10.0 Å². The van der Waals surface area contributed by atoms with Gasteiger partial charge in [-0.05, 0) is 63.1 Å². The molecule has 7 nitrogen and oxygen atoms in total. The monoisotopic (exact) mass is 392 g/mol. The molecule has 1 amide bonds. The number of carbonyl (C=O) groups excluding carboxylic acids is 1. The molecule has 0 fully saturated rings. The molecule has 0 radical (unpaired) electrons. The van der Waals surface area contributed by atoms with Crippen LogP contribution in [0.3, 0.4) is 0 Å². The number of aryl methyl sites for hydroxylation is 2. The maximum Gasteiger partial charge on any atom is 0.266 e. The van der Waals surface area contributed by atoms with E-state index >= 15 is 0 Å². The number of hydrazine groups is 1. The topological polar surface area (TPSA) is 93.7 Å². The van der Waals surface area contributed by atoms with E-state index < -0.39 is 15.9 Å². The van der Waals surface area contributed by atoms with Gasteiger partial charge in [0.15, 0.2) is 11.5 Å². The summed E-state index contributed by atoms with van der Waals surface area (Å²) in [5.74, 6) is 0.270. The van der Waals surface area contributed by atoms with Gasteiger partial charge in [-0.3, -0.25) is 10.2 Å². The number of nitrogens with one attached hydrogen (secondary N) is 2. The standard InChI is InChI=1S/C19H24N2O5S/c1-12(2)26-16-9-8-15(11-17(16)25-5)19(22)20-21-27(23,24)18-10-13(3)6-7-14(18)4/h6-12,21H,1-5H3,(H,20,22). The van der Waals surface area contributed by atoms with Crippen molar-refractivity contribution in [3.05, 3.63) is 53.1 Å². The molecule has 0 aliphatic carbocycles. The van der Waals surface area contributed by atoms with E-state index in [0.717, 1.165) is 5.56 Å². The number of carbonyl (C=O) groups is 1. The van der Waals surface area contributed by atoms with Gasteiger partial charge in [0.05, 0.1) is 18.1 Å². The second kappa shape index (κ2) is 8.41. The van der Waals surface area contributed by atoms with Crippen LogP contribution < -0.4 is 19.7 Å². The van der Waals surface area contributed by atoms with Crippen molar-refractivity contribution >= 4 is 15.9 Å². The van der Waals surface area contributed by atoms with E-state index in [1.165, 1.54) is 19.2 Å². The lowest BCUT2D eigenvalue weighted by atomic mass is 10.2. The van der Waals surface area contributed by atoms with Crippen molar-refractivity contribution in [1.29, 1.82) is 0 Å². The Bertz CT molecular complexity index is 939. The number of ether oxygens (including phenoxy) is 2. The number of benzene rings is 2. The fourth-order valence-electron chi connectivity index (χ4n) is 2.40. The molecule has 2 rings (SSSR count). The second-order valence-electron chi connectivity index (χ2n) is 6.36. The average Bonchev–Trinajstić information content (AvgIpc) is 2.61. The molecule has 0 saturated heterocycles. The molecule has 27 heavy (non-hydrogen) atoms. The summed E-state index contributed by atoms with van der Waals surface area (Å²) < 4.78 is 35.8. The highest BCUT2D eigenvalue weighted by molar-refractivity contribution is 7.89. The summed E-state index contributed by atoms with van der Waals surface area (Å²) in [5, 5.41) is 0. The highest BCUT2D eigenvalue weighted by Gasteiger charge is 2.19. The van der Waals surface area contributed by atoms with E-state index in [1.54, 1.807) is 32.0 Å². The Morgan fingerprint density at radius 2 is 1.74 bits per heavy atom. The molecular weight excluding hydrogens is 368 g/mol. The summed E-state index contributed by atoms with van der Waals surface area (Å²) in [5.41, 5.74) is 3.84. The first-order valence-electron chi connectivity index (χ1n) is 8.38. The van der Waals surface area contributed by atoms with Gasteiger partial charge in [0.2, 0.25) is 0 Å². The van der Waals surface area contributed by atoms with Gasteiger partial charge >= 0.3 is 0 Å². The summed E-state index contributed by atoms with van der Waals surface area (Å²) in [7, 11) is -2.43. The van der Waals surface area contributed by atoms with E-state index in [9.17, 15) is 13.2 Å². The predicted molar refractivity (Wildman–Crippen MR) is 102 cm³/mol. The first-order valence-corrected chi connectivity index (χ1v) is 9.86. The Labute approximate surface area is 159 Å². The van der Waals surface area contributed by atoms with E-state index in [-0.39, 0.29) is 16.6 Å². The zero-order valence-corrected chi connectivity index (χ0v) is 16.8. The molecule has 0 saturated carbocycles. The van der Waals surface area contributed by atoms with Gasteiger partial charge < -0.3 is 9.47 Å². The van der Waals surface area contributed by atoms with Crippen LogP contribution in [0.2, 0.25) is 0 Å². The first-order chi connectivity index (χ1) is 12.6. The summed E-state index contributed by atoms with van der Waals surface area (Å²) >= 11 is 0. The van der Waals surface area contributed by atoms with Gasteiger partial charge in [-0.2, -0.15) is 0 Å². The molecule has 0 unspecified atom stereocenters. The summed E-state index contributed by atoms with van der Waals surface area (Å²) in [4.78, 5) is 14.6. The van der Waals surface area contributed by atoms with Gasteiger partial charge in [-0.15, -0.1) is 4.83 Å². The zero-order chi connectivity index (χ0) is 20.2. The third-order valence-corrected chi connectivity index (χ3v) is 5.11. The van der Waals surface area contributed by atoms with Crippen LogP contribution in [-0.4, -0.2) is 27.5 Å². The Morgan fingerprint density at radius 3 is 2.37 bits per heavy atom. The van der Waals surface area contributed by atoms with Crippen molar-refractivity contribution in [1.82, 2.24) is 10.3 Å². The van der Waals surface area contributed by atoms with E-state index in [1.807, 2.05) is 19.9 Å². The smallest absolute Gasteiger partial charge is 0.266 e. The maximum atomic E-state index is 12.5. The van der Waals surface area contributed by atoms with Crippen molar-refractivity contribution in [3.63, 3.8) is 0 Å². The quantitative estimate of drug-likeness (QED) is 0.707. The third-order valence-electron chi connectivity index (χ3n) is 3.72. The lowest BCUT2D eigenvalue weighted by Crippen LogP contribution is -2.41. The van der Waals surface area contributed by atoms with Crippen molar-refractivity contribution in [2.24, 2.45) is 0 Å². The Hall–Kier alpha value is -2.58. The lowest BCUT2D eigenvalue weighted by Gasteiger charge is -2.15. The van der Waals surface area contributed by atoms with Crippen LogP contribution in [0.25, 0.3) is 0 Å². The normalized spacial score (nSPS) is 11.3. The molecule has 0 heterocycles. The minimum absolute atomic E-state index is 0.0528. The minimum atomic E-state index is -3.89. The molecule has 0 atom stereocenters. The zero-order valence-electron chi connectivity index (χ0n) is 16.0. The van der Waals surface area contributed by atoms with Crippen molar-refractivity contribution in [2.75, 3.05) is 7.11 Å². The van der Waals surface area contributed by atoms with Gasteiger partial charge in [-0.1, -0.05) is 12.1 Å². The molecule has 2 aromatic carbocycles. The number of methoxy groups -OCH3 is 1. The van der Waals surface area contributed by atoms with Crippen LogP contribution in [0.4, 0.5) is 0 Å². The molecule has 8 heteroatoms. The number of rotatable bonds is 7. The molecule has 0 bridgehead atoms. The lowest BCUT2D eigenvalue weighted by molar-refractivity contribution is 0.0944. The third kappa shape index (κ3) is 5.21. The Morgan fingerprint density at radius 1 is 1.04 bits per heavy atom. The SMILES string of the molecule is COc1cc(C(=O)NNS(=O)(=O)c2cc(C)ccc2C)ccc1OC(C)C. The minimum Gasteiger partial charge on any atom is -0.493 e. The van der Waals surface area contributed by atoms with Crippen LogP contribution in [0.5, 0.6) is 11.5 Å². The number of hydrogen-bond donors (Lipinski definition) is 2. The predicted octanol–water partition coefficient (Wildman–Crippen LogP) is 2.72. The van der Waals surface area contributed by atoms with Gasteiger partial charge in [0, 0.05) is 5.56 Å². The average molecular weight is 392 g/mol. The first kappa shape index (κ1) is 20.7. The number of hydrogen-bond acceptors (Lipinski definition) is 5. The highest BCUT2D eigenvalue weighted by Crippen LogP contribution is 2.29. The molecule has 2 aromatic rings. The summed E-state index contributed by atoms with van der Waals surface area (Å²) in [6.45, 7) is 7.24. The maximum absolute atomic E-state index is 12.5. The molecule has 2 N–H and O–H groups in total. The van der Waals surface area contributed by atoms with Crippen molar-refractivity contribution in [2.45, 2.75) is 38.7 Å². The van der Waals surface area contributed by atoms with E-state index in [0.29, 0.717) is 17.1 Å². The van der Waals surface area contributed by atoms with Crippen LogP contribution >= 0.6 is 0 Å². The van der Waals surface area contributed by atoms with Gasteiger partial charge in [-0.25, -0.2) is 8.42 Å². The fraction of sp³-hybridized carbons (Fsp3) is 0.316. The summed E-state index contributed by atoms with van der Waals surface area (Å²) in [6, 6.07) is 9.70. The Kier molecular flexibility index (Phi) is 6.45. The molecule has 0 aromatic heterocycles. The molecule has 146 valence electrons. The Balaban J connectivity index is 2.16. The fourth-order valence-corrected chi connectivity index (χ4v) is 3.57. The van der Waals surface area contributed by atoms with Crippen molar-refractivity contribution < 1.29 is 22.7 Å². The number of amides is 1. The molecular formula is C19H24N2O5S. The van der Waals surface area contributed by atoms with Crippen LogP contribution in [0.1, 0.15) is 35.3 Å². The van der Waals surface area contributed by atoms with Crippen molar-refractivity contribution in [3.8, 4) is 11.5 Å². The molecule has 0 aliphatic heterocycles. The number of sulfonamides is 1. The van der Waals surface area contributed by atoms with E-state index in [2.05, 4.69) is 10.3 Å². The largest absolute Gasteiger partial charge is 0.493 e. The molecule has 0 aliphatic rings. The van der Waals surface area contributed by atoms with E-state index in [4.69, 9.17) is 9.47 Å². The molecule has 0 spiro atoms. The highest BCUT2D eigenvalue weighted by atomic mass is 32.2. The van der Waals surface area contributed by atoms with Gasteiger partial charge in [0.1, 0.15) is 0 Å². The van der Waals surface area contributed by atoms with Crippen LogP contribution in [0, 0.1) is 13.8 Å². The van der Waals surface area contributed by atoms with Crippen LogP contribution in [0.15, 0.2) is 41.3 Å².